The standard InChI is InChI=1S/C19H15ClN4O/c1-12(25)24-19(11-17(23-24)13-3-2-4-15(20)9-13)14-5-6-16-18(10-14)22-8-7-21-16/h2-10,19H,11H2,1H3/t19-/m0/s1. The van der Waals surface area contributed by atoms with Crippen LogP contribution in [0.1, 0.15) is 30.5 Å². The van der Waals surface area contributed by atoms with Gasteiger partial charge in [0.2, 0.25) is 5.91 Å². The molecule has 2 aromatic carbocycles. The third-order valence-corrected chi connectivity index (χ3v) is 4.50. The number of carbonyl (C=O) groups excluding carboxylic acids is 1. The molecule has 1 aromatic heterocycles. The highest BCUT2D eigenvalue weighted by Crippen LogP contribution is 2.34. The van der Waals surface area contributed by atoms with Crippen molar-refractivity contribution in [2.24, 2.45) is 5.10 Å². The van der Waals surface area contributed by atoms with Crippen LogP contribution in [0.3, 0.4) is 0 Å². The quantitative estimate of drug-likeness (QED) is 0.702. The number of halogens is 1. The van der Waals surface area contributed by atoms with Crippen LogP contribution in [0.4, 0.5) is 0 Å². The Labute approximate surface area is 150 Å². The molecule has 124 valence electrons. The van der Waals surface area contributed by atoms with E-state index in [-0.39, 0.29) is 11.9 Å². The van der Waals surface area contributed by atoms with Gasteiger partial charge in [0.1, 0.15) is 0 Å². The summed E-state index contributed by atoms with van der Waals surface area (Å²) < 4.78 is 0. The van der Waals surface area contributed by atoms with Gasteiger partial charge in [-0.1, -0.05) is 29.8 Å². The minimum atomic E-state index is -0.155. The zero-order valence-electron chi connectivity index (χ0n) is 13.6. The normalized spacial score (nSPS) is 17.0. The Hall–Kier alpha value is -2.79. The van der Waals surface area contributed by atoms with E-state index in [1.54, 1.807) is 12.4 Å². The van der Waals surface area contributed by atoms with Gasteiger partial charge in [0, 0.05) is 30.8 Å². The molecule has 6 heteroatoms. The van der Waals surface area contributed by atoms with Gasteiger partial charge in [-0.25, -0.2) is 5.01 Å². The van der Waals surface area contributed by atoms with E-state index in [1.165, 1.54) is 11.9 Å². The maximum absolute atomic E-state index is 12.1. The highest BCUT2D eigenvalue weighted by atomic mass is 35.5. The zero-order chi connectivity index (χ0) is 17.4. The van der Waals surface area contributed by atoms with Crippen LogP contribution in [0.15, 0.2) is 60.0 Å². The van der Waals surface area contributed by atoms with Crippen molar-refractivity contribution in [1.82, 2.24) is 15.0 Å². The number of hydrogen-bond acceptors (Lipinski definition) is 4. The first-order valence-electron chi connectivity index (χ1n) is 7.96. The number of rotatable bonds is 2. The van der Waals surface area contributed by atoms with Crippen LogP contribution in [-0.2, 0) is 4.79 Å². The van der Waals surface area contributed by atoms with Crippen molar-refractivity contribution in [3.8, 4) is 0 Å². The molecule has 1 aliphatic heterocycles. The Morgan fingerprint density at radius 3 is 2.68 bits per heavy atom. The molecule has 0 aliphatic carbocycles. The molecule has 0 saturated carbocycles. The van der Waals surface area contributed by atoms with Crippen LogP contribution in [0.2, 0.25) is 5.02 Å². The lowest BCUT2D eigenvalue weighted by atomic mass is 9.98. The number of carbonyl (C=O) groups is 1. The Bertz CT molecular complexity index is 1000. The van der Waals surface area contributed by atoms with Crippen LogP contribution in [0.5, 0.6) is 0 Å². The molecular weight excluding hydrogens is 336 g/mol. The van der Waals surface area contributed by atoms with Crippen LogP contribution in [0.25, 0.3) is 11.0 Å². The number of hydrogen-bond donors (Lipinski definition) is 0. The smallest absolute Gasteiger partial charge is 0.240 e. The van der Waals surface area contributed by atoms with Crippen molar-refractivity contribution < 1.29 is 4.79 Å². The maximum atomic E-state index is 12.1. The van der Waals surface area contributed by atoms with Crippen LogP contribution >= 0.6 is 11.6 Å². The molecule has 1 amide bonds. The third kappa shape index (κ3) is 2.98. The second-order valence-corrected chi connectivity index (χ2v) is 6.38. The van der Waals surface area contributed by atoms with E-state index < -0.39 is 0 Å². The minimum Gasteiger partial charge on any atom is -0.273 e. The highest BCUT2D eigenvalue weighted by Gasteiger charge is 2.31. The van der Waals surface area contributed by atoms with Gasteiger partial charge in [-0.2, -0.15) is 5.10 Å². The van der Waals surface area contributed by atoms with Gasteiger partial charge in [-0.3, -0.25) is 14.8 Å². The average molecular weight is 351 g/mol. The van der Waals surface area contributed by atoms with Gasteiger partial charge in [-0.15, -0.1) is 0 Å². The van der Waals surface area contributed by atoms with Gasteiger partial charge < -0.3 is 0 Å². The lowest BCUT2D eigenvalue weighted by molar-refractivity contribution is -0.130. The molecule has 0 radical (unpaired) electrons. The van der Waals surface area contributed by atoms with Gasteiger partial charge in [-0.05, 0) is 35.4 Å². The van der Waals surface area contributed by atoms with E-state index in [0.717, 1.165) is 27.9 Å². The average Bonchev–Trinajstić information content (AvgIpc) is 3.07. The molecule has 0 bridgehead atoms. The molecule has 0 spiro atoms. The first-order chi connectivity index (χ1) is 12.1. The van der Waals surface area contributed by atoms with Gasteiger partial charge in [0.05, 0.1) is 22.8 Å². The number of aromatic nitrogens is 2. The minimum absolute atomic E-state index is 0.0960. The number of benzene rings is 2. The Morgan fingerprint density at radius 2 is 1.92 bits per heavy atom. The second-order valence-electron chi connectivity index (χ2n) is 5.95. The molecule has 2 heterocycles. The van der Waals surface area contributed by atoms with Crippen LogP contribution in [-0.4, -0.2) is 26.6 Å². The zero-order valence-corrected chi connectivity index (χ0v) is 14.3. The van der Waals surface area contributed by atoms with Gasteiger partial charge in [0.15, 0.2) is 0 Å². The van der Waals surface area contributed by atoms with Crippen molar-refractivity contribution in [1.29, 1.82) is 0 Å². The van der Waals surface area contributed by atoms with Crippen LogP contribution in [0, 0.1) is 0 Å². The SMILES string of the molecule is CC(=O)N1N=C(c2cccc(Cl)c2)C[C@H]1c1ccc2nccnc2c1. The van der Waals surface area contributed by atoms with E-state index in [1.807, 2.05) is 42.5 Å². The predicted molar refractivity (Wildman–Crippen MR) is 97.4 cm³/mol. The van der Waals surface area contributed by atoms with Crippen molar-refractivity contribution in [2.45, 2.75) is 19.4 Å². The van der Waals surface area contributed by atoms with E-state index in [9.17, 15) is 4.79 Å². The molecular formula is C19H15ClN4O. The van der Waals surface area contributed by atoms with E-state index in [0.29, 0.717) is 11.4 Å². The van der Waals surface area contributed by atoms with Crippen molar-refractivity contribution >= 4 is 34.3 Å². The summed E-state index contributed by atoms with van der Waals surface area (Å²) in [5, 5.41) is 6.73. The molecule has 3 aromatic rings. The number of fused-ring (bicyclic) bond motifs is 1. The fourth-order valence-electron chi connectivity index (χ4n) is 3.09. The third-order valence-electron chi connectivity index (χ3n) is 4.27. The molecule has 5 nitrogen and oxygen atoms in total. The molecule has 4 rings (SSSR count). The summed E-state index contributed by atoms with van der Waals surface area (Å²) in [6.07, 6.45) is 3.96. The second kappa shape index (κ2) is 6.26. The van der Waals surface area contributed by atoms with E-state index in [2.05, 4.69) is 15.1 Å². The number of hydrazone groups is 1. The number of nitrogens with zero attached hydrogens (tertiary/aromatic N) is 4. The summed E-state index contributed by atoms with van der Waals surface area (Å²) in [6.45, 7) is 1.53. The molecule has 1 atom stereocenters. The maximum Gasteiger partial charge on any atom is 0.240 e. The van der Waals surface area contributed by atoms with Gasteiger partial charge in [0.25, 0.3) is 0 Å². The topological polar surface area (TPSA) is 58.5 Å². The highest BCUT2D eigenvalue weighted by molar-refractivity contribution is 6.31. The Kier molecular flexibility index (Phi) is 3.93. The lowest BCUT2D eigenvalue weighted by Gasteiger charge is -2.20. The Morgan fingerprint density at radius 1 is 1.12 bits per heavy atom. The van der Waals surface area contributed by atoms with E-state index in [4.69, 9.17) is 11.6 Å². The largest absolute Gasteiger partial charge is 0.273 e. The summed E-state index contributed by atoms with van der Waals surface area (Å²) in [5.74, 6) is -0.0960. The number of amides is 1. The molecule has 0 fully saturated rings. The molecule has 0 N–H and O–H groups in total. The summed E-state index contributed by atoms with van der Waals surface area (Å²) in [4.78, 5) is 20.7. The molecule has 0 saturated heterocycles. The van der Waals surface area contributed by atoms with Crippen molar-refractivity contribution in [2.75, 3.05) is 0 Å². The summed E-state index contributed by atoms with van der Waals surface area (Å²) in [6, 6.07) is 13.3. The first-order valence-corrected chi connectivity index (χ1v) is 8.33. The van der Waals surface area contributed by atoms with Crippen LogP contribution < -0.4 is 0 Å². The van der Waals surface area contributed by atoms with E-state index >= 15 is 0 Å². The fraction of sp³-hybridized carbons (Fsp3) is 0.158. The summed E-state index contributed by atoms with van der Waals surface area (Å²) in [7, 11) is 0. The Balaban J connectivity index is 1.72. The molecule has 1 aliphatic rings. The van der Waals surface area contributed by atoms with Crippen molar-refractivity contribution in [3.05, 3.63) is 71.0 Å². The predicted octanol–water partition coefficient (Wildman–Crippen LogP) is 3.98. The monoisotopic (exact) mass is 350 g/mol. The first kappa shape index (κ1) is 15.7. The molecule has 0 unspecified atom stereocenters. The summed E-state index contributed by atoms with van der Waals surface area (Å²) >= 11 is 6.09. The molecule has 25 heavy (non-hydrogen) atoms. The van der Waals surface area contributed by atoms with Crippen molar-refractivity contribution in [3.63, 3.8) is 0 Å². The van der Waals surface area contributed by atoms with Gasteiger partial charge >= 0.3 is 0 Å². The summed E-state index contributed by atoms with van der Waals surface area (Å²) in [5.41, 5.74) is 4.40. The lowest BCUT2D eigenvalue weighted by Crippen LogP contribution is -2.24. The fourth-order valence-corrected chi connectivity index (χ4v) is 3.28.